The molecule has 0 aliphatic carbocycles. The molecule has 92 valence electrons. The molecule has 0 saturated heterocycles. The Hall–Kier alpha value is -1.07. The van der Waals surface area contributed by atoms with E-state index in [1.54, 1.807) is 24.3 Å². The third-order valence-electron chi connectivity index (χ3n) is 2.54. The first-order chi connectivity index (χ1) is 8.56. The summed E-state index contributed by atoms with van der Waals surface area (Å²) in [7, 11) is 0. The first-order valence-electron chi connectivity index (χ1n) is 5.39. The van der Waals surface area contributed by atoms with E-state index in [2.05, 4.69) is 27.9 Å². The average Bonchev–Trinajstić information content (AvgIpc) is 2.33. The van der Waals surface area contributed by atoms with Crippen LogP contribution < -0.4 is 5.32 Å². The van der Waals surface area contributed by atoms with Gasteiger partial charge in [0.05, 0.1) is 0 Å². The maximum Gasteiger partial charge on any atom is 0.255 e. The van der Waals surface area contributed by atoms with Crippen molar-refractivity contribution in [3.8, 4) is 0 Å². The SMILES string of the molecule is Cc1cc(I)ccc1NC(=O)c1ccc(Cl)cc1. The van der Waals surface area contributed by atoms with Gasteiger partial charge >= 0.3 is 0 Å². The lowest BCUT2D eigenvalue weighted by molar-refractivity contribution is 0.102. The number of halogens is 2. The molecule has 0 aliphatic heterocycles. The molecule has 0 saturated carbocycles. The number of aryl methyl sites for hydroxylation is 1. The van der Waals surface area contributed by atoms with Crippen molar-refractivity contribution in [2.45, 2.75) is 6.92 Å². The fourth-order valence-electron chi connectivity index (χ4n) is 1.56. The van der Waals surface area contributed by atoms with Gasteiger partial charge in [-0.05, 0) is 77.5 Å². The fraction of sp³-hybridized carbons (Fsp3) is 0.0714. The van der Waals surface area contributed by atoms with Crippen LogP contribution in [0.2, 0.25) is 5.02 Å². The van der Waals surface area contributed by atoms with E-state index in [0.717, 1.165) is 14.8 Å². The molecule has 0 aliphatic rings. The van der Waals surface area contributed by atoms with Gasteiger partial charge in [0, 0.05) is 19.8 Å². The number of benzene rings is 2. The zero-order valence-corrected chi connectivity index (χ0v) is 12.6. The number of carbonyl (C=O) groups is 1. The maximum absolute atomic E-state index is 12.0. The van der Waals surface area contributed by atoms with Crippen LogP contribution in [0.1, 0.15) is 15.9 Å². The number of hydrogen-bond acceptors (Lipinski definition) is 1. The largest absolute Gasteiger partial charge is 0.322 e. The molecule has 2 nitrogen and oxygen atoms in total. The number of hydrogen-bond donors (Lipinski definition) is 1. The second-order valence-electron chi connectivity index (χ2n) is 3.92. The monoisotopic (exact) mass is 371 g/mol. The normalized spacial score (nSPS) is 10.2. The van der Waals surface area contributed by atoms with E-state index in [1.165, 1.54) is 0 Å². The second-order valence-corrected chi connectivity index (χ2v) is 5.60. The quantitative estimate of drug-likeness (QED) is 0.774. The Balaban J connectivity index is 2.18. The molecule has 2 rings (SSSR count). The van der Waals surface area contributed by atoms with Crippen molar-refractivity contribution in [2.24, 2.45) is 0 Å². The van der Waals surface area contributed by atoms with E-state index < -0.39 is 0 Å². The molecule has 0 spiro atoms. The predicted octanol–water partition coefficient (Wildman–Crippen LogP) is 4.51. The first kappa shape index (κ1) is 13.4. The molecule has 2 aromatic rings. The van der Waals surface area contributed by atoms with Crippen molar-refractivity contribution in [1.82, 2.24) is 0 Å². The van der Waals surface area contributed by atoms with Gasteiger partial charge < -0.3 is 5.32 Å². The molecular weight excluding hydrogens is 361 g/mol. The van der Waals surface area contributed by atoms with Gasteiger partial charge in [-0.25, -0.2) is 0 Å². The number of nitrogens with one attached hydrogen (secondary N) is 1. The molecule has 4 heteroatoms. The van der Waals surface area contributed by atoms with Gasteiger partial charge in [-0.1, -0.05) is 11.6 Å². The van der Waals surface area contributed by atoms with E-state index in [-0.39, 0.29) is 5.91 Å². The van der Waals surface area contributed by atoms with Crippen molar-refractivity contribution in [1.29, 1.82) is 0 Å². The summed E-state index contributed by atoms with van der Waals surface area (Å²) >= 11 is 8.03. The van der Waals surface area contributed by atoms with Crippen LogP contribution in [0.4, 0.5) is 5.69 Å². The summed E-state index contributed by atoms with van der Waals surface area (Å²) in [5.74, 6) is -0.129. The van der Waals surface area contributed by atoms with Crippen LogP contribution in [-0.4, -0.2) is 5.91 Å². The smallest absolute Gasteiger partial charge is 0.255 e. The molecule has 0 atom stereocenters. The molecular formula is C14H11ClINO. The minimum atomic E-state index is -0.129. The van der Waals surface area contributed by atoms with Crippen LogP contribution in [-0.2, 0) is 0 Å². The number of carbonyl (C=O) groups excluding carboxylic acids is 1. The highest BCUT2D eigenvalue weighted by Crippen LogP contribution is 2.19. The summed E-state index contributed by atoms with van der Waals surface area (Å²) in [6.45, 7) is 1.97. The highest BCUT2D eigenvalue weighted by molar-refractivity contribution is 14.1. The number of amides is 1. The van der Waals surface area contributed by atoms with Crippen molar-refractivity contribution in [3.63, 3.8) is 0 Å². The van der Waals surface area contributed by atoms with Crippen molar-refractivity contribution in [2.75, 3.05) is 5.32 Å². The van der Waals surface area contributed by atoms with Gasteiger partial charge in [-0.2, -0.15) is 0 Å². The molecule has 0 aromatic heterocycles. The van der Waals surface area contributed by atoms with Crippen LogP contribution >= 0.6 is 34.2 Å². The summed E-state index contributed by atoms with van der Waals surface area (Å²) in [6.07, 6.45) is 0. The average molecular weight is 372 g/mol. The van der Waals surface area contributed by atoms with Gasteiger partial charge in [0.15, 0.2) is 0 Å². The Morgan fingerprint density at radius 2 is 1.83 bits per heavy atom. The summed E-state index contributed by atoms with van der Waals surface area (Å²) in [4.78, 5) is 12.0. The zero-order valence-electron chi connectivity index (χ0n) is 9.71. The highest BCUT2D eigenvalue weighted by Gasteiger charge is 2.07. The Bertz CT molecular complexity index is 581. The Morgan fingerprint density at radius 3 is 2.44 bits per heavy atom. The van der Waals surface area contributed by atoms with Gasteiger partial charge in [0.2, 0.25) is 0 Å². The topological polar surface area (TPSA) is 29.1 Å². The summed E-state index contributed by atoms with van der Waals surface area (Å²) in [5, 5.41) is 3.51. The molecule has 0 bridgehead atoms. The molecule has 1 N–H and O–H groups in total. The van der Waals surface area contributed by atoms with Crippen LogP contribution in [0, 0.1) is 10.5 Å². The van der Waals surface area contributed by atoms with E-state index >= 15 is 0 Å². The van der Waals surface area contributed by atoms with Gasteiger partial charge in [0.25, 0.3) is 5.91 Å². The zero-order chi connectivity index (χ0) is 13.1. The first-order valence-corrected chi connectivity index (χ1v) is 6.85. The van der Waals surface area contributed by atoms with E-state index in [9.17, 15) is 4.79 Å². The summed E-state index contributed by atoms with van der Waals surface area (Å²) < 4.78 is 1.15. The molecule has 18 heavy (non-hydrogen) atoms. The Morgan fingerprint density at radius 1 is 1.17 bits per heavy atom. The highest BCUT2D eigenvalue weighted by atomic mass is 127. The molecule has 0 fully saturated rings. The number of anilines is 1. The summed E-state index contributed by atoms with van der Waals surface area (Å²) in [5.41, 5.74) is 2.47. The predicted molar refractivity (Wildman–Crippen MR) is 83.3 cm³/mol. The van der Waals surface area contributed by atoms with Crippen molar-refractivity contribution < 1.29 is 4.79 Å². The second kappa shape index (κ2) is 5.71. The lowest BCUT2D eigenvalue weighted by Crippen LogP contribution is -2.12. The Kier molecular flexibility index (Phi) is 4.24. The Labute approximate surface area is 124 Å². The number of rotatable bonds is 2. The van der Waals surface area contributed by atoms with E-state index in [4.69, 9.17) is 11.6 Å². The minimum Gasteiger partial charge on any atom is -0.322 e. The lowest BCUT2D eigenvalue weighted by atomic mass is 10.1. The fourth-order valence-corrected chi connectivity index (χ4v) is 2.34. The van der Waals surface area contributed by atoms with Crippen LogP contribution in [0.25, 0.3) is 0 Å². The molecule has 2 aromatic carbocycles. The van der Waals surface area contributed by atoms with Gasteiger partial charge in [-0.3, -0.25) is 4.79 Å². The van der Waals surface area contributed by atoms with Crippen LogP contribution in [0.3, 0.4) is 0 Å². The van der Waals surface area contributed by atoms with Crippen LogP contribution in [0.5, 0.6) is 0 Å². The third-order valence-corrected chi connectivity index (χ3v) is 3.47. The van der Waals surface area contributed by atoms with Crippen LogP contribution in [0.15, 0.2) is 42.5 Å². The van der Waals surface area contributed by atoms with Crippen molar-refractivity contribution >= 4 is 45.8 Å². The lowest BCUT2D eigenvalue weighted by Gasteiger charge is -2.08. The minimum absolute atomic E-state index is 0.129. The summed E-state index contributed by atoms with van der Waals surface area (Å²) in [6, 6.07) is 12.7. The standard InChI is InChI=1S/C14H11ClINO/c1-9-8-12(16)6-7-13(9)17-14(18)10-2-4-11(15)5-3-10/h2-8H,1H3,(H,17,18). The molecule has 0 radical (unpaired) electrons. The van der Waals surface area contributed by atoms with Gasteiger partial charge in [0.1, 0.15) is 0 Å². The molecule has 1 amide bonds. The molecule has 0 unspecified atom stereocenters. The van der Waals surface area contributed by atoms with E-state index in [1.807, 2.05) is 25.1 Å². The van der Waals surface area contributed by atoms with Crippen molar-refractivity contribution in [3.05, 3.63) is 62.2 Å². The van der Waals surface area contributed by atoms with E-state index in [0.29, 0.717) is 10.6 Å². The van der Waals surface area contributed by atoms with Gasteiger partial charge in [-0.15, -0.1) is 0 Å². The maximum atomic E-state index is 12.0. The third kappa shape index (κ3) is 3.23. The molecule has 0 heterocycles.